The average Bonchev–Trinajstić information content (AvgIpc) is 2.69. The number of carbonyl (C=O) groups is 1. The minimum atomic E-state index is -0.0474. The molecule has 28 heavy (non-hydrogen) atoms. The lowest BCUT2D eigenvalue weighted by atomic mass is 10.0. The van der Waals surface area contributed by atoms with Gasteiger partial charge in [-0.05, 0) is 43.0 Å². The maximum absolute atomic E-state index is 12.0. The monoisotopic (exact) mass is 494 g/mol. The van der Waals surface area contributed by atoms with Crippen molar-refractivity contribution in [2.75, 3.05) is 20.1 Å². The van der Waals surface area contributed by atoms with Gasteiger partial charge in [-0.1, -0.05) is 48.9 Å². The Morgan fingerprint density at radius 3 is 2.43 bits per heavy atom. The van der Waals surface area contributed by atoms with Crippen molar-refractivity contribution in [3.8, 4) is 0 Å². The highest BCUT2D eigenvalue weighted by molar-refractivity contribution is 14.0. The molecule has 0 aliphatic carbocycles. The lowest BCUT2D eigenvalue weighted by Gasteiger charge is -2.17. The first-order valence-electron chi connectivity index (χ1n) is 9.41. The number of nitrogens with one attached hydrogen (secondary N) is 3. The van der Waals surface area contributed by atoms with Gasteiger partial charge in [0.2, 0.25) is 0 Å². The molecular weight excluding hydrogens is 463 g/mol. The van der Waals surface area contributed by atoms with Crippen LogP contribution in [0.5, 0.6) is 0 Å². The summed E-state index contributed by atoms with van der Waals surface area (Å²) < 4.78 is 0. The van der Waals surface area contributed by atoms with Gasteiger partial charge in [0.25, 0.3) is 5.91 Å². The normalized spacial score (nSPS) is 11.9. The molecule has 0 fully saturated rings. The van der Waals surface area contributed by atoms with Gasteiger partial charge in [0.05, 0.1) is 0 Å². The van der Waals surface area contributed by atoms with E-state index >= 15 is 0 Å². The van der Waals surface area contributed by atoms with Crippen LogP contribution in [0.25, 0.3) is 0 Å². The lowest BCUT2D eigenvalue weighted by Crippen LogP contribution is -2.38. The van der Waals surface area contributed by atoms with E-state index in [1.54, 1.807) is 7.05 Å². The van der Waals surface area contributed by atoms with E-state index in [1.165, 1.54) is 11.1 Å². The summed E-state index contributed by atoms with van der Waals surface area (Å²) in [5, 5.41) is 9.50. The highest BCUT2D eigenvalue weighted by Gasteiger charge is 2.08. The van der Waals surface area contributed by atoms with Crippen molar-refractivity contribution in [1.82, 2.24) is 16.0 Å². The predicted octanol–water partition coefficient (Wildman–Crippen LogP) is 3.83. The van der Waals surface area contributed by atoms with Crippen molar-refractivity contribution in [3.05, 3.63) is 70.8 Å². The van der Waals surface area contributed by atoms with Crippen molar-refractivity contribution in [3.63, 3.8) is 0 Å². The Morgan fingerprint density at radius 1 is 1.07 bits per heavy atom. The summed E-state index contributed by atoms with van der Waals surface area (Å²) in [6.07, 6.45) is 0. The zero-order valence-corrected chi connectivity index (χ0v) is 19.4. The number of benzene rings is 2. The maximum Gasteiger partial charge on any atom is 0.251 e. The molecule has 1 unspecified atom stereocenters. The van der Waals surface area contributed by atoms with E-state index in [1.807, 2.05) is 31.2 Å². The first-order valence-corrected chi connectivity index (χ1v) is 9.41. The fourth-order valence-electron chi connectivity index (χ4n) is 2.75. The summed E-state index contributed by atoms with van der Waals surface area (Å²) in [6.45, 7) is 8.22. The van der Waals surface area contributed by atoms with E-state index in [0.29, 0.717) is 24.6 Å². The molecule has 0 saturated carbocycles. The Hall–Kier alpha value is -2.09. The van der Waals surface area contributed by atoms with Crippen LogP contribution >= 0.6 is 24.0 Å². The predicted molar refractivity (Wildman–Crippen MR) is 128 cm³/mol. The third kappa shape index (κ3) is 7.50. The quantitative estimate of drug-likeness (QED) is 0.312. The first-order chi connectivity index (χ1) is 13.0. The number of rotatable bonds is 7. The van der Waals surface area contributed by atoms with Crippen molar-refractivity contribution in [2.24, 2.45) is 4.99 Å². The Balaban J connectivity index is 0.00000392. The number of hydrogen-bond donors (Lipinski definition) is 3. The molecule has 2 rings (SSSR count). The second-order valence-electron chi connectivity index (χ2n) is 6.68. The van der Waals surface area contributed by atoms with Gasteiger partial charge in [-0.3, -0.25) is 9.79 Å². The van der Waals surface area contributed by atoms with E-state index in [-0.39, 0.29) is 29.9 Å². The largest absolute Gasteiger partial charge is 0.356 e. The van der Waals surface area contributed by atoms with Gasteiger partial charge >= 0.3 is 0 Å². The Kier molecular flexibility index (Phi) is 10.6. The highest BCUT2D eigenvalue weighted by atomic mass is 127. The van der Waals surface area contributed by atoms with E-state index in [0.717, 1.165) is 18.1 Å². The fraction of sp³-hybridized carbons (Fsp3) is 0.364. The minimum absolute atomic E-state index is 0. The summed E-state index contributed by atoms with van der Waals surface area (Å²) in [5.41, 5.74) is 4.28. The molecule has 5 nitrogen and oxygen atoms in total. The van der Waals surface area contributed by atoms with Crippen LogP contribution in [0.15, 0.2) is 53.5 Å². The van der Waals surface area contributed by atoms with Gasteiger partial charge in [-0.15, -0.1) is 24.0 Å². The van der Waals surface area contributed by atoms with Gasteiger partial charge < -0.3 is 16.0 Å². The molecule has 0 aliphatic rings. The molecule has 1 amide bonds. The number of hydrogen-bond acceptors (Lipinski definition) is 2. The molecule has 3 N–H and O–H groups in total. The zero-order valence-electron chi connectivity index (χ0n) is 17.1. The number of amides is 1. The highest BCUT2D eigenvalue weighted by Crippen LogP contribution is 2.14. The fourth-order valence-corrected chi connectivity index (χ4v) is 2.75. The molecule has 152 valence electrons. The van der Waals surface area contributed by atoms with Crippen molar-refractivity contribution in [2.45, 2.75) is 33.2 Å². The van der Waals surface area contributed by atoms with Crippen LogP contribution in [0.4, 0.5) is 0 Å². The molecule has 0 heterocycles. The second kappa shape index (κ2) is 12.4. The summed E-state index contributed by atoms with van der Waals surface area (Å²) in [7, 11) is 1.76. The van der Waals surface area contributed by atoms with Crippen LogP contribution in [0, 0.1) is 6.92 Å². The molecule has 0 aromatic heterocycles. The van der Waals surface area contributed by atoms with Gasteiger partial charge in [0.15, 0.2) is 5.96 Å². The number of carbonyl (C=O) groups excluding carboxylic acids is 1. The van der Waals surface area contributed by atoms with Crippen molar-refractivity contribution in [1.29, 1.82) is 0 Å². The standard InChI is InChI=1S/C22H30N4O.HI/c1-5-24-21(27)20-8-6-7-18(13-20)15-26-22(23-4)25-14-17(3)19-11-9-16(2)10-12-19;/h6-13,17H,5,14-15H2,1-4H3,(H,24,27)(H2,23,25,26);1H. The molecule has 0 bridgehead atoms. The zero-order chi connectivity index (χ0) is 19.6. The van der Waals surface area contributed by atoms with Crippen LogP contribution in [0.3, 0.4) is 0 Å². The topological polar surface area (TPSA) is 65.5 Å². The molecular formula is C22H31IN4O. The van der Waals surface area contributed by atoms with E-state index in [2.05, 4.69) is 59.1 Å². The number of guanidine groups is 1. The van der Waals surface area contributed by atoms with Gasteiger partial charge in [-0.2, -0.15) is 0 Å². The van der Waals surface area contributed by atoms with Crippen molar-refractivity contribution >= 4 is 35.8 Å². The Labute approximate surface area is 185 Å². The van der Waals surface area contributed by atoms with Crippen LogP contribution in [-0.4, -0.2) is 32.0 Å². The van der Waals surface area contributed by atoms with Crippen molar-refractivity contribution < 1.29 is 4.79 Å². The third-order valence-corrected chi connectivity index (χ3v) is 4.43. The summed E-state index contributed by atoms with van der Waals surface area (Å²) in [6, 6.07) is 16.2. The summed E-state index contributed by atoms with van der Waals surface area (Å²) in [4.78, 5) is 16.2. The van der Waals surface area contributed by atoms with Crippen LogP contribution in [0.2, 0.25) is 0 Å². The van der Waals surface area contributed by atoms with Crippen LogP contribution in [-0.2, 0) is 6.54 Å². The minimum Gasteiger partial charge on any atom is -0.356 e. The molecule has 0 spiro atoms. The van der Waals surface area contributed by atoms with Gasteiger partial charge in [0, 0.05) is 32.2 Å². The molecule has 1 atom stereocenters. The van der Waals surface area contributed by atoms with E-state index < -0.39 is 0 Å². The van der Waals surface area contributed by atoms with Gasteiger partial charge in [-0.25, -0.2) is 0 Å². The smallest absolute Gasteiger partial charge is 0.251 e. The average molecular weight is 494 g/mol. The molecule has 2 aromatic carbocycles. The SMILES string of the molecule is CCNC(=O)c1cccc(CNC(=NC)NCC(C)c2ccc(C)cc2)c1.I. The Bertz CT molecular complexity index is 774. The Morgan fingerprint density at radius 2 is 1.79 bits per heavy atom. The van der Waals surface area contributed by atoms with Crippen LogP contribution < -0.4 is 16.0 Å². The molecule has 0 saturated heterocycles. The lowest BCUT2D eigenvalue weighted by molar-refractivity contribution is 0.0955. The second-order valence-corrected chi connectivity index (χ2v) is 6.68. The number of nitrogens with zero attached hydrogens (tertiary/aromatic N) is 1. The molecule has 2 aromatic rings. The summed E-state index contributed by atoms with van der Waals surface area (Å²) >= 11 is 0. The number of aliphatic imine (C=N–C) groups is 1. The van der Waals surface area contributed by atoms with E-state index in [9.17, 15) is 4.79 Å². The van der Waals surface area contributed by atoms with Gasteiger partial charge in [0.1, 0.15) is 0 Å². The molecule has 0 aliphatic heterocycles. The summed E-state index contributed by atoms with van der Waals surface area (Å²) in [5.74, 6) is 1.08. The number of aryl methyl sites for hydroxylation is 1. The third-order valence-electron chi connectivity index (χ3n) is 4.43. The number of halogens is 1. The molecule has 6 heteroatoms. The molecule has 0 radical (unpaired) electrons. The maximum atomic E-state index is 12.0. The first kappa shape index (κ1) is 23.9. The van der Waals surface area contributed by atoms with E-state index in [4.69, 9.17) is 0 Å². The van der Waals surface area contributed by atoms with Crippen LogP contribution in [0.1, 0.15) is 46.8 Å².